The Morgan fingerprint density at radius 1 is 1.12 bits per heavy atom. The molecule has 2 amide bonds. The number of benzene rings is 2. The fraction of sp³-hybridized carbons (Fsp3) is 0.182. The first-order chi connectivity index (χ1) is 16.3. The van der Waals surface area contributed by atoms with Crippen molar-refractivity contribution < 1.29 is 14.3 Å². The van der Waals surface area contributed by atoms with Gasteiger partial charge < -0.3 is 19.9 Å². The van der Waals surface area contributed by atoms with E-state index in [1.54, 1.807) is 42.0 Å². The molecule has 3 rings (SSSR count). The highest BCUT2D eigenvalue weighted by Gasteiger charge is 2.16. The summed E-state index contributed by atoms with van der Waals surface area (Å²) in [6.45, 7) is 4.31. The number of thioether (sulfide) groups is 1. The van der Waals surface area contributed by atoms with Crippen molar-refractivity contribution in [2.45, 2.75) is 18.2 Å². The Morgan fingerprint density at radius 3 is 2.50 bits per heavy atom. The van der Waals surface area contributed by atoms with Crippen LogP contribution in [0.4, 0.5) is 5.69 Å². The smallest absolute Gasteiger partial charge is 0.251 e. The van der Waals surface area contributed by atoms with Gasteiger partial charge in [-0.25, -0.2) is 0 Å². The second-order valence-electron chi connectivity index (χ2n) is 6.79. The van der Waals surface area contributed by atoms with Crippen LogP contribution in [0.3, 0.4) is 0 Å². The Morgan fingerprint density at radius 2 is 1.82 bits per heavy atom. The molecule has 0 aliphatic heterocycles. The Kier molecular flexibility index (Phi) is 9.23. The number of nitrogens with zero attached hydrogens (tertiary/aromatic N) is 3. The lowest BCUT2D eigenvalue weighted by Crippen LogP contribution is -2.24. The van der Waals surface area contributed by atoms with Gasteiger partial charge in [-0.2, -0.15) is 0 Å². The topological polar surface area (TPSA) is 98.1 Å². The number of halogens is 3. The van der Waals surface area contributed by atoms with E-state index in [9.17, 15) is 9.59 Å². The third kappa shape index (κ3) is 6.66. The van der Waals surface area contributed by atoms with Gasteiger partial charge in [-0.15, -0.1) is 16.8 Å². The standard InChI is InChI=1S/C22H20Cl3N5O3S/c1-3-8-30-19(11-26-21(32)13-4-6-14(33-2)7-5-13)28-29-22(30)34-12-20(31)27-18-10-16(24)15(23)9-17(18)25/h3-7,9-10H,1,8,11-12H2,2H3,(H,26,32)(H,27,31). The largest absolute Gasteiger partial charge is 0.497 e. The lowest BCUT2D eigenvalue weighted by molar-refractivity contribution is -0.113. The SMILES string of the molecule is C=CCn1c(CNC(=O)c2ccc(OC)cc2)nnc1SCC(=O)Nc1cc(Cl)c(Cl)cc1Cl. The lowest BCUT2D eigenvalue weighted by atomic mass is 10.2. The van der Waals surface area contributed by atoms with Crippen LogP contribution in [0.15, 0.2) is 54.2 Å². The van der Waals surface area contributed by atoms with E-state index in [-0.39, 0.29) is 34.2 Å². The lowest BCUT2D eigenvalue weighted by Gasteiger charge is -2.10. The van der Waals surface area contributed by atoms with Crippen molar-refractivity contribution in [3.63, 3.8) is 0 Å². The number of aromatic nitrogens is 3. The molecule has 2 N–H and O–H groups in total. The average Bonchev–Trinajstić information content (AvgIpc) is 3.21. The highest BCUT2D eigenvalue weighted by Crippen LogP contribution is 2.32. The molecule has 0 aliphatic carbocycles. The molecule has 1 aromatic heterocycles. The molecule has 8 nitrogen and oxygen atoms in total. The number of rotatable bonds is 10. The molecule has 0 aliphatic rings. The maximum atomic E-state index is 12.4. The van der Waals surface area contributed by atoms with E-state index in [4.69, 9.17) is 39.5 Å². The van der Waals surface area contributed by atoms with Gasteiger partial charge in [-0.1, -0.05) is 52.6 Å². The number of amides is 2. The minimum absolute atomic E-state index is 0.0457. The van der Waals surface area contributed by atoms with E-state index < -0.39 is 0 Å². The number of carbonyl (C=O) groups is 2. The molecular weight excluding hydrogens is 521 g/mol. The summed E-state index contributed by atoms with van der Waals surface area (Å²) in [6.07, 6.45) is 1.68. The molecule has 0 atom stereocenters. The van der Waals surface area contributed by atoms with E-state index in [2.05, 4.69) is 27.4 Å². The third-order valence-corrected chi connectivity index (χ3v) is 6.48. The van der Waals surface area contributed by atoms with Crippen molar-refractivity contribution in [2.75, 3.05) is 18.2 Å². The van der Waals surface area contributed by atoms with Crippen LogP contribution < -0.4 is 15.4 Å². The summed E-state index contributed by atoms with van der Waals surface area (Å²) in [4.78, 5) is 24.9. The van der Waals surface area contributed by atoms with E-state index in [0.717, 1.165) is 0 Å². The first-order valence-corrected chi connectivity index (χ1v) is 12.0. The van der Waals surface area contributed by atoms with Crippen molar-refractivity contribution in [1.82, 2.24) is 20.1 Å². The molecule has 2 aromatic carbocycles. The molecule has 0 spiro atoms. The van der Waals surface area contributed by atoms with Gasteiger partial charge >= 0.3 is 0 Å². The molecule has 0 fully saturated rings. The van der Waals surface area contributed by atoms with E-state index >= 15 is 0 Å². The van der Waals surface area contributed by atoms with Gasteiger partial charge in [0.2, 0.25) is 5.91 Å². The molecular formula is C22H20Cl3N5O3S. The van der Waals surface area contributed by atoms with Crippen LogP contribution in [0.1, 0.15) is 16.2 Å². The van der Waals surface area contributed by atoms with Gasteiger partial charge in [0.25, 0.3) is 5.91 Å². The molecule has 34 heavy (non-hydrogen) atoms. The summed E-state index contributed by atoms with van der Waals surface area (Å²) < 4.78 is 6.87. The number of allylic oxidation sites excluding steroid dienone is 1. The second-order valence-corrected chi connectivity index (χ2v) is 8.96. The molecule has 0 unspecified atom stereocenters. The molecule has 0 radical (unpaired) electrons. The molecule has 178 valence electrons. The quantitative estimate of drug-likeness (QED) is 0.211. The summed E-state index contributed by atoms with van der Waals surface area (Å²) in [5, 5.41) is 15.2. The monoisotopic (exact) mass is 539 g/mol. The summed E-state index contributed by atoms with van der Waals surface area (Å²) in [7, 11) is 1.56. The van der Waals surface area contributed by atoms with Gasteiger partial charge in [0.05, 0.1) is 40.2 Å². The number of anilines is 1. The highest BCUT2D eigenvalue weighted by atomic mass is 35.5. The van der Waals surface area contributed by atoms with Crippen molar-refractivity contribution in [1.29, 1.82) is 0 Å². The predicted octanol–water partition coefficient (Wildman–Crippen LogP) is 5.09. The fourth-order valence-electron chi connectivity index (χ4n) is 2.81. The zero-order chi connectivity index (χ0) is 24.7. The van der Waals surface area contributed by atoms with Gasteiger partial charge in [0, 0.05) is 12.1 Å². The second kappa shape index (κ2) is 12.1. The van der Waals surface area contributed by atoms with Crippen molar-refractivity contribution >= 4 is 64.1 Å². The zero-order valence-corrected chi connectivity index (χ0v) is 21.1. The Labute approximate surface area is 215 Å². The Balaban J connectivity index is 1.61. The molecule has 0 saturated heterocycles. The average molecular weight is 541 g/mol. The number of carbonyl (C=O) groups excluding carboxylic acids is 2. The molecule has 0 saturated carbocycles. The number of hydrogen-bond acceptors (Lipinski definition) is 6. The van der Waals surface area contributed by atoms with Crippen LogP contribution in [0, 0.1) is 0 Å². The number of ether oxygens (including phenoxy) is 1. The van der Waals surface area contributed by atoms with E-state index in [0.29, 0.717) is 39.5 Å². The van der Waals surface area contributed by atoms with Gasteiger partial charge in [0.1, 0.15) is 5.75 Å². The van der Waals surface area contributed by atoms with Gasteiger partial charge in [-0.05, 0) is 36.4 Å². The number of hydrogen-bond donors (Lipinski definition) is 2. The Bertz CT molecular complexity index is 1200. The summed E-state index contributed by atoms with van der Waals surface area (Å²) in [5.74, 6) is 0.659. The number of methoxy groups -OCH3 is 1. The Hall–Kier alpha value is -2.72. The molecule has 1 heterocycles. The fourth-order valence-corrected chi connectivity index (χ4v) is 4.17. The minimum atomic E-state index is -0.312. The van der Waals surface area contributed by atoms with Crippen molar-refractivity contribution in [3.8, 4) is 5.75 Å². The third-order valence-electron chi connectivity index (χ3n) is 4.48. The predicted molar refractivity (Wildman–Crippen MR) is 135 cm³/mol. The van der Waals surface area contributed by atoms with Crippen molar-refractivity contribution in [3.05, 3.63) is 75.5 Å². The van der Waals surface area contributed by atoms with Crippen LogP contribution >= 0.6 is 46.6 Å². The van der Waals surface area contributed by atoms with Crippen molar-refractivity contribution in [2.24, 2.45) is 0 Å². The van der Waals surface area contributed by atoms with E-state index in [1.807, 2.05) is 0 Å². The summed E-state index contributed by atoms with van der Waals surface area (Å²) in [6, 6.07) is 9.70. The first kappa shape index (κ1) is 25.9. The first-order valence-electron chi connectivity index (χ1n) is 9.84. The highest BCUT2D eigenvalue weighted by molar-refractivity contribution is 7.99. The summed E-state index contributed by atoms with van der Waals surface area (Å²) in [5.41, 5.74) is 0.846. The zero-order valence-electron chi connectivity index (χ0n) is 18.0. The van der Waals surface area contributed by atoms with Crippen LogP contribution in [0.5, 0.6) is 5.75 Å². The van der Waals surface area contributed by atoms with E-state index in [1.165, 1.54) is 23.9 Å². The maximum absolute atomic E-state index is 12.4. The van der Waals surface area contributed by atoms with Gasteiger partial charge in [-0.3, -0.25) is 9.59 Å². The normalized spacial score (nSPS) is 10.6. The van der Waals surface area contributed by atoms with Gasteiger partial charge in [0.15, 0.2) is 11.0 Å². The molecule has 0 bridgehead atoms. The number of nitrogens with one attached hydrogen (secondary N) is 2. The summed E-state index contributed by atoms with van der Waals surface area (Å²) >= 11 is 19.2. The van der Waals surface area contributed by atoms with Crippen LogP contribution in [-0.2, 0) is 17.9 Å². The molecule has 12 heteroatoms. The van der Waals surface area contributed by atoms with Crippen LogP contribution in [0.2, 0.25) is 15.1 Å². The molecule has 3 aromatic rings. The maximum Gasteiger partial charge on any atom is 0.251 e. The van der Waals surface area contributed by atoms with Crippen LogP contribution in [-0.4, -0.2) is 39.4 Å². The minimum Gasteiger partial charge on any atom is -0.497 e. The van der Waals surface area contributed by atoms with Crippen LogP contribution in [0.25, 0.3) is 0 Å².